The van der Waals surface area contributed by atoms with E-state index in [2.05, 4.69) is 22.4 Å². The van der Waals surface area contributed by atoms with E-state index in [1.165, 1.54) is 5.56 Å². The topological polar surface area (TPSA) is 42.0 Å². The molecule has 0 radical (unpaired) electrons. The molecule has 1 fully saturated rings. The Kier molecular flexibility index (Phi) is 3.27. The highest BCUT2D eigenvalue weighted by Crippen LogP contribution is 2.47. The molecule has 1 aliphatic rings. The van der Waals surface area contributed by atoms with Crippen LogP contribution in [0.2, 0.25) is 0 Å². The molecule has 1 heterocycles. The number of hydrogen-bond acceptors (Lipinski definition) is 2. The van der Waals surface area contributed by atoms with E-state index in [1.807, 2.05) is 30.3 Å². The third kappa shape index (κ3) is 2.81. The molecule has 1 aliphatic carbocycles. The lowest BCUT2D eigenvalue weighted by atomic mass is 10.1. The smallest absolute Gasteiger partial charge is 0.224 e. The molecule has 19 heavy (non-hydrogen) atoms. The molecule has 1 aromatic carbocycles. The van der Waals surface area contributed by atoms with Crippen molar-refractivity contribution >= 4 is 5.91 Å². The number of benzene rings is 1. The molecule has 1 saturated carbocycles. The van der Waals surface area contributed by atoms with Gasteiger partial charge >= 0.3 is 0 Å². The van der Waals surface area contributed by atoms with Crippen LogP contribution in [-0.4, -0.2) is 10.9 Å². The molecule has 0 spiro atoms. The van der Waals surface area contributed by atoms with Crippen LogP contribution < -0.4 is 5.32 Å². The van der Waals surface area contributed by atoms with Crippen LogP contribution in [0.4, 0.5) is 0 Å². The van der Waals surface area contributed by atoms with Crippen LogP contribution in [0.5, 0.6) is 0 Å². The third-order valence-corrected chi connectivity index (χ3v) is 3.57. The molecule has 3 heteroatoms. The van der Waals surface area contributed by atoms with E-state index in [1.54, 1.807) is 12.4 Å². The SMILES string of the molecule is O=C(NCc1ccncc1)[C@@H]1C[C@H]1c1ccccc1. The zero-order valence-electron chi connectivity index (χ0n) is 10.6. The van der Waals surface area contributed by atoms with Gasteiger partial charge in [0.05, 0.1) is 0 Å². The predicted molar refractivity (Wildman–Crippen MR) is 73.4 cm³/mol. The van der Waals surface area contributed by atoms with Gasteiger partial charge in [-0.1, -0.05) is 30.3 Å². The lowest BCUT2D eigenvalue weighted by molar-refractivity contribution is -0.122. The number of hydrogen-bond donors (Lipinski definition) is 1. The first-order valence-electron chi connectivity index (χ1n) is 6.56. The first kappa shape index (κ1) is 11.9. The van der Waals surface area contributed by atoms with Gasteiger partial charge in [0.1, 0.15) is 0 Å². The summed E-state index contributed by atoms with van der Waals surface area (Å²) in [5.41, 5.74) is 2.35. The highest BCUT2D eigenvalue weighted by molar-refractivity contribution is 5.82. The van der Waals surface area contributed by atoms with Gasteiger partial charge in [0.2, 0.25) is 5.91 Å². The minimum atomic E-state index is 0.143. The summed E-state index contributed by atoms with van der Waals surface area (Å²) in [5, 5.41) is 2.99. The monoisotopic (exact) mass is 252 g/mol. The van der Waals surface area contributed by atoms with Gasteiger partial charge in [-0.2, -0.15) is 0 Å². The summed E-state index contributed by atoms with van der Waals surface area (Å²) in [5.74, 6) is 0.702. The number of carbonyl (C=O) groups is 1. The molecule has 0 saturated heterocycles. The maximum atomic E-state index is 12.0. The van der Waals surface area contributed by atoms with Crippen LogP contribution in [0.1, 0.15) is 23.5 Å². The van der Waals surface area contributed by atoms with E-state index < -0.39 is 0 Å². The van der Waals surface area contributed by atoms with Gasteiger partial charge in [-0.25, -0.2) is 0 Å². The maximum absolute atomic E-state index is 12.0. The van der Waals surface area contributed by atoms with Crippen LogP contribution >= 0.6 is 0 Å². The van der Waals surface area contributed by atoms with Crippen molar-refractivity contribution in [3.05, 3.63) is 66.0 Å². The summed E-state index contributed by atoms with van der Waals surface area (Å²) >= 11 is 0. The summed E-state index contributed by atoms with van der Waals surface area (Å²) in [6.45, 7) is 0.583. The van der Waals surface area contributed by atoms with Crippen LogP contribution in [0.25, 0.3) is 0 Å². The normalized spacial score (nSPS) is 20.8. The number of nitrogens with one attached hydrogen (secondary N) is 1. The molecule has 1 amide bonds. The molecular formula is C16H16N2O. The van der Waals surface area contributed by atoms with Crippen molar-refractivity contribution in [3.63, 3.8) is 0 Å². The van der Waals surface area contributed by atoms with Crippen molar-refractivity contribution in [2.75, 3.05) is 0 Å². The zero-order valence-corrected chi connectivity index (χ0v) is 10.6. The maximum Gasteiger partial charge on any atom is 0.224 e. The van der Waals surface area contributed by atoms with E-state index >= 15 is 0 Å². The van der Waals surface area contributed by atoms with Gasteiger partial charge in [-0.05, 0) is 35.6 Å². The first-order valence-corrected chi connectivity index (χ1v) is 6.56. The Morgan fingerprint density at radius 2 is 1.89 bits per heavy atom. The number of amides is 1. The van der Waals surface area contributed by atoms with Crippen molar-refractivity contribution < 1.29 is 4.79 Å². The van der Waals surface area contributed by atoms with Crippen molar-refractivity contribution in [2.45, 2.75) is 18.9 Å². The molecule has 3 nitrogen and oxygen atoms in total. The van der Waals surface area contributed by atoms with E-state index in [0.29, 0.717) is 12.5 Å². The fourth-order valence-corrected chi connectivity index (χ4v) is 2.37. The van der Waals surface area contributed by atoms with Crippen molar-refractivity contribution in [1.82, 2.24) is 10.3 Å². The fourth-order valence-electron chi connectivity index (χ4n) is 2.37. The van der Waals surface area contributed by atoms with Crippen LogP contribution in [-0.2, 0) is 11.3 Å². The Bertz CT molecular complexity index is 553. The van der Waals surface area contributed by atoms with Crippen LogP contribution in [0.3, 0.4) is 0 Å². The standard InChI is InChI=1S/C16H16N2O/c19-16(18-11-12-6-8-17-9-7-12)15-10-14(15)13-4-2-1-3-5-13/h1-9,14-15H,10-11H2,(H,18,19)/t14-,15+/m0/s1. The Morgan fingerprint density at radius 1 is 1.16 bits per heavy atom. The molecule has 0 bridgehead atoms. The van der Waals surface area contributed by atoms with Gasteiger partial charge in [0.15, 0.2) is 0 Å². The van der Waals surface area contributed by atoms with Crippen LogP contribution in [0, 0.1) is 5.92 Å². The molecule has 3 rings (SSSR count). The highest BCUT2D eigenvalue weighted by Gasteiger charge is 2.43. The van der Waals surface area contributed by atoms with Gasteiger partial charge < -0.3 is 5.32 Å². The minimum absolute atomic E-state index is 0.143. The molecule has 2 atom stereocenters. The Hall–Kier alpha value is -2.16. The van der Waals surface area contributed by atoms with E-state index in [4.69, 9.17) is 0 Å². The third-order valence-electron chi connectivity index (χ3n) is 3.57. The molecule has 0 unspecified atom stereocenters. The molecule has 1 N–H and O–H groups in total. The molecule has 96 valence electrons. The molecule has 1 aromatic heterocycles. The Balaban J connectivity index is 1.53. The average Bonchev–Trinajstić information content (AvgIpc) is 3.27. The van der Waals surface area contributed by atoms with Crippen molar-refractivity contribution in [2.24, 2.45) is 5.92 Å². The summed E-state index contributed by atoms with van der Waals surface area (Å²) in [4.78, 5) is 16.0. The van der Waals surface area contributed by atoms with E-state index in [0.717, 1.165) is 12.0 Å². The van der Waals surface area contributed by atoms with Gasteiger partial charge in [-0.3, -0.25) is 9.78 Å². The van der Waals surface area contributed by atoms with Gasteiger partial charge in [-0.15, -0.1) is 0 Å². The van der Waals surface area contributed by atoms with E-state index in [9.17, 15) is 4.79 Å². The zero-order chi connectivity index (χ0) is 13.1. The summed E-state index contributed by atoms with van der Waals surface area (Å²) in [6, 6.07) is 14.1. The summed E-state index contributed by atoms with van der Waals surface area (Å²) in [6.07, 6.45) is 4.45. The van der Waals surface area contributed by atoms with Gasteiger partial charge in [0, 0.05) is 24.9 Å². The molecule has 0 aliphatic heterocycles. The Morgan fingerprint density at radius 3 is 2.63 bits per heavy atom. The number of pyridine rings is 1. The Labute approximate surface area is 112 Å². The minimum Gasteiger partial charge on any atom is -0.352 e. The second kappa shape index (κ2) is 5.22. The summed E-state index contributed by atoms with van der Waals surface area (Å²) in [7, 11) is 0. The number of aromatic nitrogens is 1. The van der Waals surface area contributed by atoms with Crippen molar-refractivity contribution in [3.8, 4) is 0 Å². The highest BCUT2D eigenvalue weighted by atomic mass is 16.2. The predicted octanol–water partition coefficient (Wildman–Crippen LogP) is 2.50. The van der Waals surface area contributed by atoms with Crippen molar-refractivity contribution in [1.29, 1.82) is 0 Å². The number of rotatable bonds is 4. The largest absolute Gasteiger partial charge is 0.352 e. The summed E-state index contributed by atoms with van der Waals surface area (Å²) < 4.78 is 0. The molecular weight excluding hydrogens is 236 g/mol. The lowest BCUT2D eigenvalue weighted by Crippen LogP contribution is -2.24. The quantitative estimate of drug-likeness (QED) is 0.908. The second-order valence-corrected chi connectivity index (χ2v) is 4.93. The average molecular weight is 252 g/mol. The fraction of sp³-hybridized carbons (Fsp3) is 0.250. The number of nitrogens with zero attached hydrogens (tertiary/aromatic N) is 1. The molecule has 2 aromatic rings. The first-order chi connectivity index (χ1) is 9.34. The lowest BCUT2D eigenvalue weighted by Gasteiger charge is -2.05. The van der Waals surface area contributed by atoms with E-state index in [-0.39, 0.29) is 11.8 Å². The second-order valence-electron chi connectivity index (χ2n) is 4.93. The number of carbonyl (C=O) groups excluding carboxylic acids is 1. The van der Waals surface area contributed by atoms with Gasteiger partial charge in [0.25, 0.3) is 0 Å². The van der Waals surface area contributed by atoms with Crippen LogP contribution in [0.15, 0.2) is 54.9 Å².